The van der Waals surface area contributed by atoms with Gasteiger partial charge in [-0.3, -0.25) is 4.79 Å². The second-order valence-electron chi connectivity index (χ2n) is 6.29. The molecule has 0 spiro atoms. The molecular weight excluding hydrogens is 360 g/mol. The molecule has 0 heterocycles. The first-order chi connectivity index (χ1) is 11.8. The van der Waals surface area contributed by atoms with Crippen molar-refractivity contribution in [2.75, 3.05) is 6.54 Å². The zero-order valence-electron chi connectivity index (χ0n) is 13.5. The smallest absolute Gasteiger partial charge is 0.238 e. The Morgan fingerprint density at radius 1 is 1.16 bits per heavy atom. The second kappa shape index (κ2) is 6.78. The van der Waals surface area contributed by atoms with E-state index < -0.39 is 15.4 Å². The number of benzene rings is 2. The molecule has 3 rings (SSSR count). The van der Waals surface area contributed by atoms with E-state index >= 15 is 0 Å². The first kappa shape index (κ1) is 17.9. The summed E-state index contributed by atoms with van der Waals surface area (Å²) >= 11 is 6.03. The number of hydrogen-bond donors (Lipinski definition) is 2. The Labute approximate surface area is 152 Å². The van der Waals surface area contributed by atoms with E-state index in [1.165, 1.54) is 12.1 Å². The highest BCUT2D eigenvalue weighted by Gasteiger charge is 2.51. The maximum absolute atomic E-state index is 12.6. The number of primary sulfonamides is 1. The molecule has 0 aromatic heterocycles. The summed E-state index contributed by atoms with van der Waals surface area (Å²) in [5.74, 6) is 0.0101. The first-order valence-electron chi connectivity index (χ1n) is 7.97. The molecule has 2 aromatic rings. The molecule has 1 saturated carbocycles. The molecule has 2 aromatic carbocycles. The molecule has 132 valence electrons. The number of sulfonamides is 1. The summed E-state index contributed by atoms with van der Waals surface area (Å²) in [6, 6.07) is 13.8. The Balaban J connectivity index is 1.58. The van der Waals surface area contributed by atoms with Gasteiger partial charge >= 0.3 is 0 Å². The van der Waals surface area contributed by atoms with Gasteiger partial charge in [0.25, 0.3) is 0 Å². The quantitative estimate of drug-likeness (QED) is 0.808. The molecule has 0 bridgehead atoms. The maximum atomic E-state index is 12.6. The number of carbonyl (C=O) groups excluding carboxylic acids is 1. The summed E-state index contributed by atoms with van der Waals surface area (Å²) in [6.07, 6.45) is 2.26. The second-order valence-corrected chi connectivity index (χ2v) is 8.29. The molecule has 3 N–H and O–H groups in total. The number of nitrogens with two attached hydrogens (primary N) is 1. The molecule has 0 radical (unpaired) electrons. The number of rotatable bonds is 6. The lowest BCUT2D eigenvalue weighted by Gasteiger charge is -2.16. The van der Waals surface area contributed by atoms with Crippen LogP contribution in [-0.2, 0) is 26.7 Å². The molecular formula is C18H19ClN2O3S. The minimum Gasteiger partial charge on any atom is -0.355 e. The van der Waals surface area contributed by atoms with Crippen LogP contribution in [0.1, 0.15) is 24.0 Å². The van der Waals surface area contributed by atoms with E-state index in [-0.39, 0.29) is 10.8 Å². The molecule has 1 amide bonds. The molecule has 0 aliphatic heterocycles. The van der Waals surface area contributed by atoms with E-state index in [9.17, 15) is 13.2 Å². The van der Waals surface area contributed by atoms with Gasteiger partial charge in [-0.2, -0.15) is 0 Å². The van der Waals surface area contributed by atoms with Crippen LogP contribution in [0.4, 0.5) is 0 Å². The Morgan fingerprint density at radius 3 is 2.40 bits per heavy atom. The van der Waals surface area contributed by atoms with Gasteiger partial charge in [0.15, 0.2) is 0 Å². The molecule has 0 atom stereocenters. The zero-order chi connectivity index (χ0) is 18.1. The molecule has 1 aliphatic rings. The Kier molecular flexibility index (Phi) is 4.86. The van der Waals surface area contributed by atoms with Gasteiger partial charge in [-0.05, 0) is 54.7 Å². The van der Waals surface area contributed by atoms with E-state index in [0.717, 1.165) is 24.0 Å². The van der Waals surface area contributed by atoms with Crippen LogP contribution in [0.2, 0.25) is 5.02 Å². The highest BCUT2D eigenvalue weighted by atomic mass is 35.5. The fourth-order valence-corrected chi connectivity index (χ4v) is 3.60. The average molecular weight is 379 g/mol. The number of amides is 1. The molecule has 1 aliphatic carbocycles. The fourth-order valence-electron chi connectivity index (χ4n) is 2.89. The van der Waals surface area contributed by atoms with Gasteiger partial charge < -0.3 is 5.32 Å². The number of hydrogen-bond acceptors (Lipinski definition) is 3. The SMILES string of the molecule is NS(=O)(=O)c1ccc(CCNC(=O)C2(c3cccc(Cl)c3)CC2)cc1. The van der Waals surface area contributed by atoms with Crippen LogP contribution in [0.3, 0.4) is 0 Å². The van der Waals surface area contributed by atoms with Crippen molar-refractivity contribution in [2.24, 2.45) is 5.14 Å². The number of halogens is 1. The van der Waals surface area contributed by atoms with Crippen molar-refractivity contribution in [1.29, 1.82) is 0 Å². The lowest BCUT2D eigenvalue weighted by molar-refractivity contribution is -0.123. The summed E-state index contributed by atoms with van der Waals surface area (Å²) in [6.45, 7) is 0.482. The summed E-state index contributed by atoms with van der Waals surface area (Å²) in [5.41, 5.74) is 1.43. The zero-order valence-corrected chi connectivity index (χ0v) is 15.1. The van der Waals surface area contributed by atoms with Crippen LogP contribution < -0.4 is 10.5 Å². The first-order valence-corrected chi connectivity index (χ1v) is 9.90. The summed E-state index contributed by atoms with van der Waals surface area (Å²) in [4.78, 5) is 12.6. The minimum absolute atomic E-state index is 0.0101. The van der Waals surface area contributed by atoms with E-state index in [0.29, 0.717) is 18.0 Å². The van der Waals surface area contributed by atoms with Crippen molar-refractivity contribution in [3.63, 3.8) is 0 Å². The van der Waals surface area contributed by atoms with E-state index in [2.05, 4.69) is 5.32 Å². The van der Waals surface area contributed by atoms with Crippen molar-refractivity contribution in [2.45, 2.75) is 29.6 Å². The summed E-state index contributed by atoms with van der Waals surface area (Å²) in [7, 11) is -3.68. The van der Waals surface area contributed by atoms with Crippen LogP contribution in [0.25, 0.3) is 0 Å². The largest absolute Gasteiger partial charge is 0.355 e. The van der Waals surface area contributed by atoms with Gasteiger partial charge in [0.1, 0.15) is 0 Å². The van der Waals surface area contributed by atoms with Crippen molar-refractivity contribution in [1.82, 2.24) is 5.32 Å². The van der Waals surface area contributed by atoms with E-state index in [1.807, 2.05) is 18.2 Å². The number of carbonyl (C=O) groups is 1. The Hall–Kier alpha value is -1.89. The van der Waals surface area contributed by atoms with E-state index in [4.69, 9.17) is 16.7 Å². The summed E-state index contributed by atoms with van der Waals surface area (Å²) < 4.78 is 22.5. The number of nitrogens with one attached hydrogen (secondary N) is 1. The predicted molar refractivity (Wildman–Crippen MR) is 96.9 cm³/mol. The molecule has 5 nitrogen and oxygen atoms in total. The predicted octanol–water partition coefficient (Wildman–Crippen LogP) is 2.38. The van der Waals surface area contributed by atoms with Gasteiger partial charge in [-0.15, -0.1) is 0 Å². The third-order valence-corrected chi connectivity index (χ3v) is 5.68. The highest BCUT2D eigenvalue weighted by Crippen LogP contribution is 2.48. The van der Waals surface area contributed by atoms with Crippen LogP contribution in [0.15, 0.2) is 53.4 Å². The summed E-state index contributed by atoms with van der Waals surface area (Å²) in [5, 5.41) is 8.68. The topological polar surface area (TPSA) is 89.3 Å². The van der Waals surface area contributed by atoms with E-state index in [1.54, 1.807) is 18.2 Å². The molecule has 1 fully saturated rings. The molecule has 0 saturated heterocycles. The Morgan fingerprint density at radius 2 is 1.84 bits per heavy atom. The van der Waals surface area contributed by atoms with Crippen molar-refractivity contribution in [3.05, 3.63) is 64.7 Å². The van der Waals surface area contributed by atoms with Crippen LogP contribution in [-0.4, -0.2) is 20.9 Å². The van der Waals surface area contributed by atoms with Crippen molar-refractivity contribution in [3.8, 4) is 0 Å². The molecule has 7 heteroatoms. The highest BCUT2D eigenvalue weighted by molar-refractivity contribution is 7.89. The molecule has 25 heavy (non-hydrogen) atoms. The lowest BCUT2D eigenvalue weighted by Crippen LogP contribution is -2.35. The minimum atomic E-state index is -3.68. The monoisotopic (exact) mass is 378 g/mol. The van der Waals surface area contributed by atoms with Crippen LogP contribution in [0, 0.1) is 0 Å². The van der Waals surface area contributed by atoms with Gasteiger partial charge in [0.2, 0.25) is 15.9 Å². The van der Waals surface area contributed by atoms with Crippen molar-refractivity contribution < 1.29 is 13.2 Å². The van der Waals surface area contributed by atoms with Gasteiger partial charge in [0.05, 0.1) is 10.3 Å². The van der Waals surface area contributed by atoms with Crippen LogP contribution >= 0.6 is 11.6 Å². The van der Waals surface area contributed by atoms with Crippen LogP contribution in [0.5, 0.6) is 0 Å². The third kappa shape index (κ3) is 4.03. The average Bonchev–Trinajstić information content (AvgIpc) is 3.36. The molecule has 0 unspecified atom stereocenters. The van der Waals surface area contributed by atoms with Gasteiger partial charge in [0, 0.05) is 11.6 Å². The normalized spacial score (nSPS) is 15.6. The Bertz CT molecular complexity index is 891. The lowest BCUT2D eigenvalue weighted by atomic mass is 9.95. The standard InChI is InChI=1S/C18H19ClN2O3S/c19-15-3-1-2-14(12-15)18(9-10-18)17(22)21-11-8-13-4-6-16(7-5-13)25(20,23)24/h1-7,12H,8-11H2,(H,21,22)(H2,20,23,24). The maximum Gasteiger partial charge on any atom is 0.238 e. The third-order valence-electron chi connectivity index (χ3n) is 4.51. The van der Waals surface area contributed by atoms with Gasteiger partial charge in [-0.1, -0.05) is 35.9 Å². The van der Waals surface area contributed by atoms with Gasteiger partial charge in [-0.25, -0.2) is 13.6 Å². The fraction of sp³-hybridized carbons (Fsp3) is 0.278. The van der Waals surface area contributed by atoms with Crippen molar-refractivity contribution >= 4 is 27.5 Å².